The zero-order chi connectivity index (χ0) is 26.2. The fourth-order valence-electron chi connectivity index (χ4n) is 4.90. The van der Waals surface area contributed by atoms with Crippen molar-refractivity contribution in [2.45, 2.75) is 180 Å². The normalized spacial score (nSPS) is 14.1. The summed E-state index contributed by atoms with van der Waals surface area (Å²) in [6.07, 6.45) is 22.9. The van der Waals surface area contributed by atoms with Crippen molar-refractivity contribution >= 4 is 11.8 Å². The quantitative estimate of drug-likeness (QED) is 0.0993. The third-order valence-corrected chi connectivity index (χ3v) is 7.23. The molecular weight excluding hydrogens is 440 g/mol. The highest BCUT2D eigenvalue weighted by atomic mass is 16.4. The number of ketones is 1. The molecule has 0 amide bonds. The van der Waals surface area contributed by atoms with Crippen molar-refractivity contribution < 1.29 is 24.9 Å². The SMILES string of the molecule is CCCCCCCCCCCCCC(O)(CC(=O)O)C(=O)C(O)CCCCCCCCCCCC. The molecule has 2 unspecified atom stereocenters. The van der Waals surface area contributed by atoms with E-state index in [1.807, 2.05) is 0 Å². The third-order valence-electron chi connectivity index (χ3n) is 7.23. The molecule has 5 nitrogen and oxygen atoms in total. The van der Waals surface area contributed by atoms with E-state index in [1.165, 1.54) is 89.9 Å². The van der Waals surface area contributed by atoms with Crippen LogP contribution in [-0.4, -0.2) is 38.8 Å². The second kappa shape index (κ2) is 23.5. The molecule has 5 heteroatoms. The number of hydrogen-bond donors (Lipinski definition) is 3. The molecule has 0 heterocycles. The monoisotopic (exact) mass is 498 g/mol. The number of rotatable bonds is 27. The Morgan fingerprint density at radius 1 is 0.600 bits per heavy atom. The Bertz CT molecular complexity index is 507. The number of aliphatic carboxylic acids is 1. The van der Waals surface area contributed by atoms with Gasteiger partial charge in [0.2, 0.25) is 0 Å². The molecule has 0 saturated heterocycles. The van der Waals surface area contributed by atoms with Crippen molar-refractivity contribution in [2.24, 2.45) is 0 Å². The number of hydrogen-bond acceptors (Lipinski definition) is 4. The van der Waals surface area contributed by atoms with Gasteiger partial charge in [-0.05, 0) is 12.8 Å². The van der Waals surface area contributed by atoms with E-state index < -0.39 is 29.9 Å². The van der Waals surface area contributed by atoms with Gasteiger partial charge in [-0.15, -0.1) is 0 Å². The van der Waals surface area contributed by atoms with Gasteiger partial charge in [-0.1, -0.05) is 149 Å². The number of aliphatic hydroxyl groups excluding tert-OH is 1. The first-order valence-electron chi connectivity index (χ1n) is 15.0. The molecule has 0 aliphatic carbocycles. The van der Waals surface area contributed by atoms with Crippen molar-refractivity contribution in [1.29, 1.82) is 0 Å². The van der Waals surface area contributed by atoms with Gasteiger partial charge in [-0.3, -0.25) is 9.59 Å². The summed E-state index contributed by atoms with van der Waals surface area (Å²) in [4.78, 5) is 24.0. The van der Waals surface area contributed by atoms with Gasteiger partial charge in [0, 0.05) is 0 Å². The van der Waals surface area contributed by atoms with E-state index in [1.54, 1.807) is 0 Å². The number of carboxylic acid groups (broad SMARTS) is 1. The predicted molar refractivity (Wildman–Crippen MR) is 146 cm³/mol. The van der Waals surface area contributed by atoms with Crippen molar-refractivity contribution in [3.05, 3.63) is 0 Å². The lowest BCUT2D eigenvalue weighted by Gasteiger charge is -2.27. The van der Waals surface area contributed by atoms with Gasteiger partial charge in [0.25, 0.3) is 0 Å². The van der Waals surface area contributed by atoms with Crippen LogP contribution in [0.4, 0.5) is 0 Å². The molecule has 0 fully saturated rings. The largest absolute Gasteiger partial charge is 0.481 e. The molecule has 0 aromatic carbocycles. The summed E-state index contributed by atoms with van der Waals surface area (Å²) in [7, 11) is 0. The number of unbranched alkanes of at least 4 members (excludes halogenated alkanes) is 19. The second-order valence-corrected chi connectivity index (χ2v) is 10.7. The summed E-state index contributed by atoms with van der Waals surface area (Å²) < 4.78 is 0. The van der Waals surface area contributed by atoms with Crippen molar-refractivity contribution in [1.82, 2.24) is 0 Å². The number of carbonyl (C=O) groups excluding carboxylic acids is 1. The van der Waals surface area contributed by atoms with E-state index in [-0.39, 0.29) is 6.42 Å². The summed E-state index contributed by atoms with van der Waals surface area (Å²) in [5, 5.41) is 30.4. The van der Waals surface area contributed by atoms with Gasteiger partial charge >= 0.3 is 5.97 Å². The Labute approximate surface area is 216 Å². The second-order valence-electron chi connectivity index (χ2n) is 10.7. The van der Waals surface area contributed by atoms with Gasteiger partial charge in [-0.2, -0.15) is 0 Å². The maximum atomic E-state index is 12.7. The van der Waals surface area contributed by atoms with Crippen LogP contribution in [-0.2, 0) is 9.59 Å². The first kappa shape index (κ1) is 34.1. The van der Waals surface area contributed by atoms with E-state index >= 15 is 0 Å². The molecule has 0 bridgehead atoms. The highest BCUT2D eigenvalue weighted by Gasteiger charge is 2.40. The van der Waals surface area contributed by atoms with Crippen molar-refractivity contribution in [2.75, 3.05) is 0 Å². The first-order chi connectivity index (χ1) is 16.9. The Morgan fingerprint density at radius 2 is 0.943 bits per heavy atom. The molecular formula is C30H58O5. The maximum absolute atomic E-state index is 12.7. The molecule has 3 N–H and O–H groups in total. The molecule has 208 valence electrons. The van der Waals surface area contributed by atoms with Crippen LogP contribution in [0.1, 0.15) is 168 Å². The molecule has 0 aliphatic rings. The first-order valence-corrected chi connectivity index (χ1v) is 15.0. The molecule has 0 aromatic rings. The third kappa shape index (κ3) is 19.9. The minimum Gasteiger partial charge on any atom is -0.481 e. The van der Waals surface area contributed by atoms with Crippen LogP contribution in [0.25, 0.3) is 0 Å². The zero-order valence-electron chi connectivity index (χ0n) is 23.2. The van der Waals surface area contributed by atoms with Crippen LogP contribution in [0.2, 0.25) is 0 Å². The molecule has 0 radical (unpaired) electrons. The van der Waals surface area contributed by atoms with Gasteiger partial charge in [-0.25, -0.2) is 0 Å². The summed E-state index contributed by atoms with van der Waals surface area (Å²) >= 11 is 0. The minimum atomic E-state index is -1.96. The Morgan fingerprint density at radius 3 is 1.31 bits per heavy atom. The maximum Gasteiger partial charge on any atom is 0.306 e. The number of carbonyl (C=O) groups is 2. The van der Waals surface area contributed by atoms with Crippen LogP contribution in [0, 0.1) is 0 Å². The molecule has 35 heavy (non-hydrogen) atoms. The number of aliphatic hydroxyl groups is 2. The topological polar surface area (TPSA) is 94.8 Å². The summed E-state index contributed by atoms with van der Waals surface area (Å²) in [6, 6.07) is 0. The summed E-state index contributed by atoms with van der Waals surface area (Å²) in [6.45, 7) is 4.45. The predicted octanol–water partition coefficient (Wildman–Crippen LogP) is 8.13. The van der Waals surface area contributed by atoms with Crippen LogP contribution in [0.3, 0.4) is 0 Å². The smallest absolute Gasteiger partial charge is 0.306 e. The standard InChI is InChI=1S/C30H58O5/c1-3-5-7-9-11-13-15-17-19-21-23-25-30(35,26-28(32)33)29(34)27(31)24-22-20-18-16-14-12-10-8-6-4-2/h27,31,35H,3-26H2,1-2H3,(H,32,33). The van der Waals surface area contributed by atoms with Crippen LogP contribution < -0.4 is 0 Å². The summed E-state index contributed by atoms with van der Waals surface area (Å²) in [5.41, 5.74) is -1.96. The lowest BCUT2D eigenvalue weighted by atomic mass is 9.84. The fourth-order valence-corrected chi connectivity index (χ4v) is 4.90. The van der Waals surface area contributed by atoms with E-state index in [4.69, 9.17) is 0 Å². The van der Waals surface area contributed by atoms with Gasteiger partial charge in [0.15, 0.2) is 5.78 Å². The van der Waals surface area contributed by atoms with E-state index in [9.17, 15) is 24.9 Å². The number of Topliss-reactive ketones (excluding diaryl/α,β-unsaturated/α-hetero) is 1. The van der Waals surface area contributed by atoms with Gasteiger partial charge < -0.3 is 15.3 Å². The van der Waals surface area contributed by atoms with E-state index in [0.29, 0.717) is 12.8 Å². The molecule has 2 atom stereocenters. The van der Waals surface area contributed by atoms with Crippen LogP contribution in [0.5, 0.6) is 0 Å². The minimum absolute atomic E-state index is 0.115. The molecule has 0 aliphatic heterocycles. The average molecular weight is 499 g/mol. The lowest BCUT2D eigenvalue weighted by molar-refractivity contribution is -0.157. The van der Waals surface area contributed by atoms with Gasteiger partial charge in [0.1, 0.15) is 11.7 Å². The Hall–Kier alpha value is -0.940. The number of carboxylic acids is 1. The van der Waals surface area contributed by atoms with Gasteiger partial charge in [0.05, 0.1) is 6.42 Å². The molecule has 0 aromatic heterocycles. The lowest BCUT2D eigenvalue weighted by Crippen LogP contribution is -2.46. The highest BCUT2D eigenvalue weighted by Crippen LogP contribution is 2.25. The molecule has 0 spiro atoms. The Kier molecular flexibility index (Phi) is 22.8. The highest BCUT2D eigenvalue weighted by molar-refractivity contribution is 5.93. The van der Waals surface area contributed by atoms with Crippen LogP contribution >= 0.6 is 0 Å². The summed E-state index contributed by atoms with van der Waals surface area (Å²) in [5.74, 6) is -1.90. The molecule has 0 rings (SSSR count). The Balaban J connectivity index is 4.09. The van der Waals surface area contributed by atoms with Crippen molar-refractivity contribution in [3.63, 3.8) is 0 Å². The zero-order valence-corrected chi connectivity index (χ0v) is 23.2. The fraction of sp³-hybridized carbons (Fsp3) is 0.933. The van der Waals surface area contributed by atoms with Crippen LogP contribution in [0.15, 0.2) is 0 Å². The average Bonchev–Trinajstić information content (AvgIpc) is 2.82. The van der Waals surface area contributed by atoms with E-state index in [2.05, 4.69) is 13.8 Å². The molecule has 0 saturated carbocycles. The van der Waals surface area contributed by atoms with E-state index in [0.717, 1.165) is 38.5 Å². The van der Waals surface area contributed by atoms with Crippen molar-refractivity contribution in [3.8, 4) is 0 Å².